The molecular weight excluding hydrogens is 328 g/mol. The Hall–Kier alpha value is -1.77. The van der Waals surface area contributed by atoms with Crippen molar-refractivity contribution < 1.29 is 13.2 Å². The average Bonchev–Trinajstić information content (AvgIpc) is 3.21. The van der Waals surface area contributed by atoms with Gasteiger partial charge in [0, 0.05) is 43.7 Å². The number of fused-ring (bicyclic) bond motifs is 1. The highest BCUT2D eigenvalue weighted by molar-refractivity contribution is 7.89. The van der Waals surface area contributed by atoms with Crippen LogP contribution in [0.4, 0.5) is 0 Å². The maximum absolute atomic E-state index is 13.0. The summed E-state index contributed by atoms with van der Waals surface area (Å²) in [4.78, 5) is 4.18. The second kappa shape index (κ2) is 5.94. The Balaban J connectivity index is 1.74. The van der Waals surface area contributed by atoms with Gasteiger partial charge in [-0.05, 0) is 25.0 Å². The van der Waals surface area contributed by atoms with E-state index in [1.807, 2.05) is 11.7 Å². The normalized spacial score (nSPS) is 21.8. The zero-order valence-electron chi connectivity index (χ0n) is 13.6. The van der Waals surface area contributed by atoms with Crippen molar-refractivity contribution in [3.63, 3.8) is 0 Å². The molecule has 4 rings (SSSR count). The van der Waals surface area contributed by atoms with Crippen molar-refractivity contribution in [1.82, 2.24) is 19.1 Å². The van der Waals surface area contributed by atoms with E-state index in [0.29, 0.717) is 19.8 Å². The van der Waals surface area contributed by atoms with E-state index in [1.165, 1.54) is 6.20 Å². The van der Waals surface area contributed by atoms with E-state index in [4.69, 9.17) is 4.74 Å². The molecule has 0 bridgehead atoms. The first-order chi connectivity index (χ1) is 11.6. The second-order valence-electron chi connectivity index (χ2n) is 6.20. The lowest BCUT2D eigenvalue weighted by Gasteiger charge is -2.24. The number of pyridine rings is 1. The van der Waals surface area contributed by atoms with Gasteiger partial charge in [0.1, 0.15) is 4.90 Å². The fourth-order valence-corrected chi connectivity index (χ4v) is 5.27. The minimum absolute atomic E-state index is 0.230. The van der Waals surface area contributed by atoms with Crippen LogP contribution in [0.25, 0.3) is 0 Å². The van der Waals surface area contributed by atoms with E-state index in [1.54, 1.807) is 22.6 Å². The quantitative estimate of drug-likeness (QED) is 0.838. The van der Waals surface area contributed by atoms with Crippen LogP contribution in [0.3, 0.4) is 0 Å². The molecule has 1 unspecified atom stereocenters. The van der Waals surface area contributed by atoms with Gasteiger partial charge in [-0.2, -0.15) is 9.40 Å². The highest BCUT2D eigenvalue weighted by Gasteiger charge is 2.39. The van der Waals surface area contributed by atoms with Crippen molar-refractivity contribution in [3.8, 4) is 0 Å². The summed E-state index contributed by atoms with van der Waals surface area (Å²) in [5, 5.41) is 4.65. The summed E-state index contributed by atoms with van der Waals surface area (Å²) in [7, 11) is -1.65. The molecule has 0 saturated carbocycles. The molecule has 7 nitrogen and oxygen atoms in total. The lowest BCUT2D eigenvalue weighted by Crippen LogP contribution is -2.31. The van der Waals surface area contributed by atoms with Crippen molar-refractivity contribution in [1.29, 1.82) is 0 Å². The Morgan fingerprint density at radius 3 is 3.04 bits per heavy atom. The highest BCUT2D eigenvalue weighted by atomic mass is 32.2. The topological polar surface area (TPSA) is 77.3 Å². The number of aryl methyl sites for hydroxylation is 1. The summed E-state index contributed by atoms with van der Waals surface area (Å²) in [6.45, 7) is 1.71. The van der Waals surface area contributed by atoms with Crippen LogP contribution >= 0.6 is 0 Å². The van der Waals surface area contributed by atoms with Gasteiger partial charge >= 0.3 is 0 Å². The molecule has 0 aliphatic carbocycles. The number of hydrogen-bond acceptors (Lipinski definition) is 5. The molecule has 0 amide bonds. The number of aromatic nitrogens is 3. The van der Waals surface area contributed by atoms with Crippen molar-refractivity contribution in [2.24, 2.45) is 7.05 Å². The van der Waals surface area contributed by atoms with Gasteiger partial charge in [0.25, 0.3) is 0 Å². The van der Waals surface area contributed by atoms with Crippen LogP contribution in [0.2, 0.25) is 0 Å². The van der Waals surface area contributed by atoms with E-state index in [9.17, 15) is 8.42 Å². The summed E-state index contributed by atoms with van der Waals surface area (Å²) >= 11 is 0. The van der Waals surface area contributed by atoms with E-state index in [-0.39, 0.29) is 10.9 Å². The fraction of sp³-hybridized carbons (Fsp3) is 0.500. The van der Waals surface area contributed by atoms with E-state index < -0.39 is 10.0 Å². The van der Waals surface area contributed by atoms with E-state index in [2.05, 4.69) is 10.1 Å². The molecular formula is C16H20N4O3S. The molecule has 0 aromatic carbocycles. The third-order valence-corrected chi connectivity index (χ3v) is 6.69. The second-order valence-corrected chi connectivity index (χ2v) is 8.09. The molecule has 1 saturated heterocycles. The first-order valence-electron chi connectivity index (χ1n) is 8.13. The van der Waals surface area contributed by atoms with Crippen molar-refractivity contribution in [2.45, 2.75) is 36.8 Å². The minimum atomic E-state index is -3.57. The van der Waals surface area contributed by atoms with Crippen molar-refractivity contribution in [3.05, 3.63) is 41.5 Å². The molecule has 0 radical (unpaired) electrons. The Kier molecular flexibility index (Phi) is 3.90. The number of hydrogen-bond donors (Lipinski definition) is 0. The van der Waals surface area contributed by atoms with Gasteiger partial charge in [0.05, 0.1) is 24.9 Å². The summed E-state index contributed by atoms with van der Waals surface area (Å²) in [5.41, 5.74) is 3.06. The van der Waals surface area contributed by atoms with Gasteiger partial charge in [-0.3, -0.25) is 9.67 Å². The number of sulfonamides is 1. The van der Waals surface area contributed by atoms with Crippen LogP contribution in [0.1, 0.15) is 35.8 Å². The lowest BCUT2D eigenvalue weighted by atomic mass is 10.0. The van der Waals surface area contributed by atoms with Gasteiger partial charge in [-0.1, -0.05) is 0 Å². The predicted octanol–water partition coefficient (Wildman–Crippen LogP) is 1.41. The van der Waals surface area contributed by atoms with Crippen molar-refractivity contribution in [2.75, 3.05) is 13.2 Å². The van der Waals surface area contributed by atoms with Gasteiger partial charge < -0.3 is 4.74 Å². The van der Waals surface area contributed by atoms with Crippen molar-refractivity contribution >= 4 is 10.0 Å². The van der Waals surface area contributed by atoms with Crippen LogP contribution in [-0.2, 0) is 34.8 Å². The summed E-state index contributed by atoms with van der Waals surface area (Å²) in [5.74, 6) is 0. The Labute approximate surface area is 141 Å². The standard InChI is InChI=1S/C16H20N4O3S/c1-19-14-6-9-23-11-13(14)16(18-19)15-5-3-8-20(15)24(21,22)12-4-2-7-17-10-12/h2,4,7,10,15H,3,5-6,8-9,11H2,1H3. The van der Waals surface area contributed by atoms with Crippen LogP contribution in [0.15, 0.2) is 29.4 Å². The number of ether oxygens (including phenoxy) is 1. The first-order valence-corrected chi connectivity index (χ1v) is 9.57. The van der Waals surface area contributed by atoms with Crippen LogP contribution in [0, 0.1) is 0 Å². The largest absolute Gasteiger partial charge is 0.376 e. The molecule has 2 aromatic heterocycles. The SMILES string of the molecule is Cn1nc(C2CCCN2S(=O)(=O)c2cccnc2)c2c1CCOC2. The summed E-state index contributed by atoms with van der Waals surface area (Å²) in [6.07, 6.45) is 5.41. The molecule has 24 heavy (non-hydrogen) atoms. The molecule has 2 aromatic rings. The molecule has 0 spiro atoms. The predicted molar refractivity (Wildman–Crippen MR) is 86.7 cm³/mol. The van der Waals surface area contributed by atoms with Gasteiger partial charge in [-0.15, -0.1) is 0 Å². The van der Waals surface area contributed by atoms with Gasteiger partial charge in [0.2, 0.25) is 10.0 Å². The molecule has 2 aliphatic rings. The zero-order valence-corrected chi connectivity index (χ0v) is 14.4. The Morgan fingerprint density at radius 2 is 2.25 bits per heavy atom. The third-order valence-electron chi connectivity index (χ3n) is 4.80. The lowest BCUT2D eigenvalue weighted by molar-refractivity contribution is 0.108. The first kappa shape index (κ1) is 15.7. The van der Waals surface area contributed by atoms with E-state index >= 15 is 0 Å². The molecule has 1 atom stereocenters. The van der Waals surface area contributed by atoms with Gasteiger partial charge in [0.15, 0.2) is 0 Å². The number of rotatable bonds is 3. The summed E-state index contributed by atoms with van der Waals surface area (Å²) in [6, 6.07) is 3.01. The fourth-order valence-electron chi connectivity index (χ4n) is 3.64. The van der Waals surface area contributed by atoms with Crippen LogP contribution in [0.5, 0.6) is 0 Å². The average molecular weight is 348 g/mol. The summed E-state index contributed by atoms with van der Waals surface area (Å²) < 4.78 is 35.1. The highest BCUT2D eigenvalue weighted by Crippen LogP contribution is 2.38. The zero-order chi connectivity index (χ0) is 16.7. The maximum Gasteiger partial charge on any atom is 0.245 e. The molecule has 8 heteroatoms. The molecule has 128 valence electrons. The maximum atomic E-state index is 13.0. The smallest absolute Gasteiger partial charge is 0.245 e. The van der Waals surface area contributed by atoms with Crippen LogP contribution in [-0.4, -0.2) is 40.6 Å². The molecule has 2 aliphatic heterocycles. The minimum Gasteiger partial charge on any atom is -0.376 e. The third kappa shape index (κ3) is 2.45. The Morgan fingerprint density at radius 1 is 1.38 bits per heavy atom. The monoisotopic (exact) mass is 348 g/mol. The molecule has 1 fully saturated rings. The van der Waals surface area contributed by atoms with Gasteiger partial charge in [-0.25, -0.2) is 8.42 Å². The Bertz CT molecular complexity index is 848. The van der Waals surface area contributed by atoms with E-state index in [0.717, 1.165) is 36.2 Å². The molecule has 4 heterocycles. The number of nitrogens with zero attached hydrogens (tertiary/aromatic N) is 4. The molecule has 0 N–H and O–H groups in total. The van der Waals surface area contributed by atoms with Crippen LogP contribution < -0.4 is 0 Å².